The maximum absolute atomic E-state index is 12.2. The maximum Gasteiger partial charge on any atom is 0.275 e. The number of hydrogen-bond donors (Lipinski definition) is 0. The predicted octanol–water partition coefficient (Wildman–Crippen LogP) is 0.476. The molecule has 0 spiro atoms. The molecule has 126 valence electrons. The minimum absolute atomic E-state index is 0.0981. The van der Waals surface area contributed by atoms with Gasteiger partial charge in [-0.15, -0.1) is 0 Å². The topological polar surface area (TPSA) is 63.0 Å². The van der Waals surface area contributed by atoms with E-state index in [1.807, 2.05) is 21.0 Å². The maximum atomic E-state index is 12.2. The van der Waals surface area contributed by atoms with Crippen LogP contribution in [-0.2, 0) is 17.7 Å². The third-order valence-electron chi connectivity index (χ3n) is 3.82. The minimum atomic E-state index is -0.0981. The van der Waals surface area contributed by atoms with Gasteiger partial charge in [0.05, 0.1) is 18.4 Å². The average molecular weight is 337 g/mol. The van der Waals surface area contributed by atoms with Crippen LogP contribution in [0, 0.1) is 0 Å². The molecular weight excluding hydrogens is 314 g/mol. The summed E-state index contributed by atoms with van der Waals surface area (Å²) in [5.74, 6) is 0. The van der Waals surface area contributed by atoms with Crippen LogP contribution in [0.4, 0.5) is 0 Å². The zero-order valence-electron chi connectivity index (χ0n) is 13.9. The lowest BCUT2D eigenvalue weighted by molar-refractivity contribution is -0.0409. The number of morpholine rings is 1. The number of hydrogen-bond acceptors (Lipinski definition) is 7. The molecule has 0 radical (unpaired) electrons. The van der Waals surface area contributed by atoms with Gasteiger partial charge in [0, 0.05) is 32.2 Å². The number of aryl methyl sites for hydroxylation is 1. The molecule has 2 aromatic heterocycles. The fraction of sp³-hybridized carbons (Fsp3) is 0.667. The number of ether oxygens (including phenoxy) is 1. The molecule has 0 saturated carbocycles. The summed E-state index contributed by atoms with van der Waals surface area (Å²) >= 11 is 1.49. The largest absolute Gasteiger partial charge is 0.374 e. The Labute approximate surface area is 139 Å². The van der Waals surface area contributed by atoms with Gasteiger partial charge in [-0.25, -0.2) is 4.98 Å². The van der Waals surface area contributed by atoms with Crippen LogP contribution in [0.15, 0.2) is 10.9 Å². The van der Waals surface area contributed by atoms with E-state index in [1.165, 1.54) is 15.9 Å². The summed E-state index contributed by atoms with van der Waals surface area (Å²) in [4.78, 5) is 21.9. The molecule has 23 heavy (non-hydrogen) atoms. The molecule has 1 aliphatic rings. The van der Waals surface area contributed by atoms with E-state index < -0.39 is 0 Å². The van der Waals surface area contributed by atoms with Crippen LogP contribution in [0.5, 0.6) is 0 Å². The van der Waals surface area contributed by atoms with Gasteiger partial charge in [-0.05, 0) is 20.5 Å². The third kappa shape index (κ3) is 3.95. The first-order chi connectivity index (χ1) is 11.0. The second kappa shape index (κ2) is 7.04. The fourth-order valence-electron chi connectivity index (χ4n) is 2.79. The molecule has 1 atom stereocenters. The molecule has 1 unspecified atom stereocenters. The molecule has 0 aliphatic carbocycles. The van der Waals surface area contributed by atoms with E-state index in [9.17, 15) is 4.79 Å². The van der Waals surface area contributed by atoms with Gasteiger partial charge in [-0.3, -0.25) is 9.69 Å². The Bertz CT molecular complexity index is 726. The monoisotopic (exact) mass is 337 g/mol. The van der Waals surface area contributed by atoms with Crippen LogP contribution in [0.1, 0.15) is 17.6 Å². The summed E-state index contributed by atoms with van der Waals surface area (Å²) in [6, 6.07) is 1.60. The van der Waals surface area contributed by atoms with Crippen molar-refractivity contribution in [2.75, 3.05) is 40.3 Å². The van der Waals surface area contributed by atoms with Gasteiger partial charge in [0.1, 0.15) is 5.01 Å². The van der Waals surface area contributed by atoms with Crippen molar-refractivity contribution in [3.05, 3.63) is 27.1 Å². The molecule has 0 bridgehead atoms. The van der Waals surface area contributed by atoms with E-state index in [-0.39, 0.29) is 11.7 Å². The highest BCUT2D eigenvalue weighted by molar-refractivity contribution is 7.16. The minimum Gasteiger partial charge on any atom is -0.374 e. The number of aromatic nitrogens is 3. The highest BCUT2D eigenvalue weighted by atomic mass is 32.1. The van der Waals surface area contributed by atoms with E-state index in [4.69, 9.17) is 4.74 Å². The lowest BCUT2D eigenvalue weighted by Gasteiger charge is -2.33. The van der Waals surface area contributed by atoms with Gasteiger partial charge in [0.2, 0.25) is 4.96 Å². The number of rotatable bonds is 5. The Hall–Kier alpha value is -1.35. The van der Waals surface area contributed by atoms with Crippen molar-refractivity contribution in [1.29, 1.82) is 0 Å². The standard InChI is InChI=1S/C15H23N5O2S/c1-4-13-17-20-14(21)7-11(16-15(20)23-13)8-19-5-6-22-12(10-19)9-18(2)3/h7,12H,4-6,8-10H2,1-3H3. The smallest absolute Gasteiger partial charge is 0.275 e. The molecule has 8 heteroatoms. The van der Waals surface area contributed by atoms with Gasteiger partial charge in [0.15, 0.2) is 0 Å². The van der Waals surface area contributed by atoms with Crippen LogP contribution < -0.4 is 5.56 Å². The first-order valence-electron chi connectivity index (χ1n) is 7.92. The molecule has 0 aromatic carbocycles. The van der Waals surface area contributed by atoms with E-state index >= 15 is 0 Å². The number of fused-ring (bicyclic) bond motifs is 1. The fourth-order valence-corrected chi connectivity index (χ4v) is 3.65. The summed E-state index contributed by atoms with van der Waals surface area (Å²) in [7, 11) is 4.10. The van der Waals surface area contributed by atoms with Gasteiger partial charge < -0.3 is 9.64 Å². The molecule has 0 N–H and O–H groups in total. The Morgan fingerprint density at radius 3 is 3.04 bits per heavy atom. The van der Waals surface area contributed by atoms with Crippen molar-refractivity contribution in [3.8, 4) is 0 Å². The lowest BCUT2D eigenvalue weighted by Crippen LogP contribution is -2.46. The Morgan fingerprint density at radius 1 is 1.48 bits per heavy atom. The van der Waals surface area contributed by atoms with Gasteiger partial charge >= 0.3 is 0 Å². The highest BCUT2D eigenvalue weighted by Crippen LogP contribution is 2.14. The average Bonchev–Trinajstić information content (AvgIpc) is 2.90. The zero-order valence-corrected chi connectivity index (χ0v) is 14.7. The van der Waals surface area contributed by atoms with Crippen LogP contribution in [0.3, 0.4) is 0 Å². The molecule has 2 aromatic rings. The summed E-state index contributed by atoms with van der Waals surface area (Å²) in [6.07, 6.45) is 1.03. The molecule has 1 fully saturated rings. The van der Waals surface area contributed by atoms with E-state index in [0.29, 0.717) is 11.5 Å². The van der Waals surface area contributed by atoms with Gasteiger partial charge in [-0.1, -0.05) is 18.3 Å². The van der Waals surface area contributed by atoms with Crippen molar-refractivity contribution in [1.82, 2.24) is 24.4 Å². The molecule has 3 heterocycles. The Morgan fingerprint density at radius 2 is 2.30 bits per heavy atom. The summed E-state index contributed by atoms with van der Waals surface area (Å²) in [6.45, 7) is 6.07. The molecule has 1 aliphatic heterocycles. The van der Waals surface area contributed by atoms with Crippen LogP contribution in [-0.4, -0.2) is 70.8 Å². The first kappa shape index (κ1) is 16.5. The molecule has 0 amide bonds. The third-order valence-corrected chi connectivity index (χ3v) is 4.87. The van der Waals surface area contributed by atoms with Gasteiger partial charge in [0.25, 0.3) is 5.56 Å². The number of nitrogens with zero attached hydrogens (tertiary/aromatic N) is 5. The number of likely N-dealkylation sites (N-methyl/N-ethyl adjacent to an activating group) is 1. The molecular formula is C15H23N5O2S. The SMILES string of the molecule is CCc1nn2c(=O)cc(CN3CCOC(CN(C)C)C3)nc2s1. The Kier molecular flexibility index (Phi) is 5.05. The summed E-state index contributed by atoms with van der Waals surface area (Å²) < 4.78 is 7.19. The van der Waals surface area contributed by atoms with E-state index in [2.05, 4.69) is 19.9 Å². The van der Waals surface area contributed by atoms with Crippen molar-refractivity contribution in [2.24, 2.45) is 0 Å². The molecule has 7 nitrogen and oxygen atoms in total. The second-order valence-corrected chi connectivity index (χ2v) is 7.16. The highest BCUT2D eigenvalue weighted by Gasteiger charge is 2.21. The predicted molar refractivity (Wildman–Crippen MR) is 90.1 cm³/mol. The summed E-state index contributed by atoms with van der Waals surface area (Å²) in [5.41, 5.74) is 0.714. The zero-order chi connectivity index (χ0) is 16.4. The van der Waals surface area contributed by atoms with Crippen molar-refractivity contribution in [2.45, 2.75) is 26.0 Å². The van der Waals surface area contributed by atoms with Gasteiger partial charge in [-0.2, -0.15) is 9.61 Å². The van der Waals surface area contributed by atoms with E-state index in [0.717, 1.165) is 43.4 Å². The summed E-state index contributed by atoms with van der Waals surface area (Å²) in [5, 5.41) is 5.22. The Balaban J connectivity index is 1.74. The molecule has 3 rings (SSSR count). The van der Waals surface area contributed by atoms with Crippen LogP contribution >= 0.6 is 11.3 Å². The second-order valence-electron chi connectivity index (χ2n) is 6.12. The van der Waals surface area contributed by atoms with Crippen LogP contribution in [0.2, 0.25) is 0 Å². The normalized spacial score (nSPS) is 19.7. The van der Waals surface area contributed by atoms with Crippen molar-refractivity contribution < 1.29 is 4.74 Å². The first-order valence-corrected chi connectivity index (χ1v) is 8.74. The van der Waals surface area contributed by atoms with Crippen molar-refractivity contribution in [3.63, 3.8) is 0 Å². The quantitative estimate of drug-likeness (QED) is 0.791. The lowest BCUT2D eigenvalue weighted by atomic mass is 10.2. The van der Waals surface area contributed by atoms with E-state index in [1.54, 1.807) is 6.07 Å². The van der Waals surface area contributed by atoms with Crippen LogP contribution in [0.25, 0.3) is 4.96 Å². The molecule has 1 saturated heterocycles. The van der Waals surface area contributed by atoms with Crippen molar-refractivity contribution >= 4 is 16.3 Å².